The standard InChI is InChI=1S/C15H15BrN2O/c1-10-5-6-14(13(7-10)15(17)18)19-9-11-3-2-4-12(16)8-11/h2-8H,9H2,1H3,(H3,17,18). The molecule has 0 atom stereocenters. The van der Waals surface area contributed by atoms with Crippen molar-refractivity contribution in [3.05, 3.63) is 63.6 Å². The number of halogens is 1. The van der Waals surface area contributed by atoms with Gasteiger partial charge >= 0.3 is 0 Å². The minimum Gasteiger partial charge on any atom is -0.488 e. The van der Waals surface area contributed by atoms with Gasteiger partial charge in [0.2, 0.25) is 0 Å². The minimum absolute atomic E-state index is 0.0212. The Kier molecular flexibility index (Phi) is 4.22. The van der Waals surface area contributed by atoms with Crippen molar-refractivity contribution in [1.29, 1.82) is 5.41 Å². The second-order valence-corrected chi connectivity index (χ2v) is 5.25. The number of hydrogen-bond acceptors (Lipinski definition) is 2. The number of rotatable bonds is 4. The highest BCUT2D eigenvalue weighted by Gasteiger charge is 2.07. The Balaban J connectivity index is 2.17. The molecule has 2 aromatic rings. The van der Waals surface area contributed by atoms with E-state index < -0.39 is 0 Å². The molecule has 0 spiro atoms. The number of aryl methyl sites for hydroxylation is 1. The maximum Gasteiger partial charge on any atom is 0.130 e. The lowest BCUT2D eigenvalue weighted by molar-refractivity contribution is 0.305. The summed E-state index contributed by atoms with van der Waals surface area (Å²) in [5.41, 5.74) is 8.32. The quantitative estimate of drug-likeness (QED) is 0.668. The van der Waals surface area contributed by atoms with Crippen molar-refractivity contribution in [3.8, 4) is 5.75 Å². The lowest BCUT2D eigenvalue weighted by atomic mass is 10.1. The normalized spacial score (nSPS) is 10.2. The van der Waals surface area contributed by atoms with Crippen LogP contribution in [-0.4, -0.2) is 5.84 Å². The number of hydrogen-bond donors (Lipinski definition) is 2. The third kappa shape index (κ3) is 3.58. The van der Waals surface area contributed by atoms with Crippen LogP contribution in [-0.2, 0) is 6.61 Å². The van der Waals surface area contributed by atoms with Crippen LogP contribution in [0.15, 0.2) is 46.9 Å². The summed E-state index contributed by atoms with van der Waals surface area (Å²) in [6.07, 6.45) is 0. The van der Waals surface area contributed by atoms with Gasteiger partial charge in [0.25, 0.3) is 0 Å². The molecule has 0 aromatic heterocycles. The molecule has 3 nitrogen and oxygen atoms in total. The molecule has 0 unspecified atom stereocenters. The van der Waals surface area contributed by atoms with Gasteiger partial charge in [-0.2, -0.15) is 0 Å². The molecule has 0 aliphatic carbocycles. The Morgan fingerprint density at radius 3 is 2.74 bits per heavy atom. The SMILES string of the molecule is Cc1ccc(OCc2cccc(Br)c2)c(C(=N)N)c1. The number of nitrogen functional groups attached to an aromatic ring is 1. The van der Waals surface area contributed by atoms with Gasteiger partial charge in [0.15, 0.2) is 0 Å². The zero-order chi connectivity index (χ0) is 13.8. The predicted octanol–water partition coefficient (Wildman–Crippen LogP) is 3.62. The van der Waals surface area contributed by atoms with Gasteiger partial charge in [-0.1, -0.05) is 39.7 Å². The molecule has 0 aliphatic rings. The Morgan fingerprint density at radius 2 is 2.05 bits per heavy atom. The van der Waals surface area contributed by atoms with Crippen LogP contribution in [0.2, 0.25) is 0 Å². The number of ether oxygens (including phenoxy) is 1. The van der Waals surface area contributed by atoms with Crippen molar-refractivity contribution in [1.82, 2.24) is 0 Å². The number of benzene rings is 2. The van der Waals surface area contributed by atoms with Crippen molar-refractivity contribution < 1.29 is 4.74 Å². The van der Waals surface area contributed by atoms with E-state index in [4.69, 9.17) is 15.9 Å². The van der Waals surface area contributed by atoms with Crippen molar-refractivity contribution >= 4 is 21.8 Å². The van der Waals surface area contributed by atoms with E-state index in [1.807, 2.05) is 49.4 Å². The topological polar surface area (TPSA) is 59.1 Å². The number of amidine groups is 1. The molecule has 2 aromatic carbocycles. The number of nitrogens with one attached hydrogen (secondary N) is 1. The molecule has 98 valence electrons. The largest absolute Gasteiger partial charge is 0.488 e. The maximum atomic E-state index is 7.58. The molecule has 0 fully saturated rings. The van der Waals surface area contributed by atoms with Gasteiger partial charge in [0.1, 0.15) is 18.2 Å². The lowest BCUT2D eigenvalue weighted by Gasteiger charge is -2.11. The molecular weight excluding hydrogens is 304 g/mol. The van der Waals surface area contributed by atoms with E-state index in [-0.39, 0.29) is 5.84 Å². The van der Waals surface area contributed by atoms with E-state index >= 15 is 0 Å². The highest BCUT2D eigenvalue weighted by atomic mass is 79.9. The van der Waals surface area contributed by atoms with Crippen molar-refractivity contribution in [3.63, 3.8) is 0 Å². The van der Waals surface area contributed by atoms with Crippen LogP contribution in [0.4, 0.5) is 0 Å². The summed E-state index contributed by atoms with van der Waals surface area (Å²) >= 11 is 3.43. The fraction of sp³-hybridized carbons (Fsp3) is 0.133. The van der Waals surface area contributed by atoms with E-state index in [1.54, 1.807) is 0 Å². The molecule has 19 heavy (non-hydrogen) atoms. The van der Waals surface area contributed by atoms with Crippen LogP contribution in [0.5, 0.6) is 5.75 Å². The van der Waals surface area contributed by atoms with E-state index in [0.717, 1.165) is 15.6 Å². The van der Waals surface area contributed by atoms with Gasteiger partial charge < -0.3 is 10.5 Å². The van der Waals surface area contributed by atoms with Crippen LogP contribution >= 0.6 is 15.9 Å². The monoisotopic (exact) mass is 318 g/mol. The Labute approximate surface area is 121 Å². The van der Waals surface area contributed by atoms with Gasteiger partial charge in [-0.05, 0) is 36.8 Å². The third-order valence-corrected chi connectivity index (χ3v) is 3.20. The highest BCUT2D eigenvalue weighted by molar-refractivity contribution is 9.10. The van der Waals surface area contributed by atoms with Gasteiger partial charge in [-0.25, -0.2) is 0 Å². The van der Waals surface area contributed by atoms with Gasteiger partial charge in [-0.15, -0.1) is 0 Å². The summed E-state index contributed by atoms with van der Waals surface area (Å²) in [6.45, 7) is 2.41. The zero-order valence-electron chi connectivity index (χ0n) is 10.6. The fourth-order valence-electron chi connectivity index (χ4n) is 1.77. The van der Waals surface area contributed by atoms with Crippen LogP contribution in [0.25, 0.3) is 0 Å². The van der Waals surface area contributed by atoms with E-state index in [2.05, 4.69) is 15.9 Å². The van der Waals surface area contributed by atoms with E-state index in [1.165, 1.54) is 0 Å². The summed E-state index contributed by atoms with van der Waals surface area (Å²) in [6, 6.07) is 13.6. The molecule has 3 N–H and O–H groups in total. The Morgan fingerprint density at radius 1 is 1.26 bits per heavy atom. The van der Waals surface area contributed by atoms with Crippen LogP contribution in [0.1, 0.15) is 16.7 Å². The van der Waals surface area contributed by atoms with Crippen LogP contribution < -0.4 is 10.5 Å². The van der Waals surface area contributed by atoms with E-state index in [0.29, 0.717) is 17.9 Å². The summed E-state index contributed by atoms with van der Waals surface area (Å²) < 4.78 is 6.77. The first-order valence-electron chi connectivity index (χ1n) is 5.88. The minimum atomic E-state index is 0.0212. The zero-order valence-corrected chi connectivity index (χ0v) is 12.2. The second-order valence-electron chi connectivity index (χ2n) is 4.33. The molecule has 0 saturated carbocycles. The summed E-state index contributed by atoms with van der Waals surface area (Å²) in [5, 5.41) is 7.58. The molecule has 0 aliphatic heterocycles. The summed E-state index contributed by atoms with van der Waals surface area (Å²) in [5.74, 6) is 0.658. The fourth-order valence-corrected chi connectivity index (χ4v) is 2.21. The summed E-state index contributed by atoms with van der Waals surface area (Å²) in [7, 11) is 0. The van der Waals surface area contributed by atoms with Crippen LogP contribution in [0.3, 0.4) is 0 Å². The van der Waals surface area contributed by atoms with Crippen molar-refractivity contribution in [2.45, 2.75) is 13.5 Å². The molecule has 2 rings (SSSR count). The van der Waals surface area contributed by atoms with Gasteiger partial charge in [0.05, 0.1) is 5.56 Å². The maximum absolute atomic E-state index is 7.58. The molecule has 0 bridgehead atoms. The summed E-state index contributed by atoms with van der Waals surface area (Å²) in [4.78, 5) is 0. The lowest BCUT2D eigenvalue weighted by Crippen LogP contribution is -2.13. The van der Waals surface area contributed by atoms with Gasteiger partial charge in [0, 0.05) is 4.47 Å². The third-order valence-electron chi connectivity index (χ3n) is 2.71. The molecule has 4 heteroatoms. The Hall–Kier alpha value is -1.81. The van der Waals surface area contributed by atoms with Crippen LogP contribution in [0, 0.1) is 12.3 Å². The molecule has 0 saturated heterocycles. The van der Waals surface area contributed by atoms with Gasteiger partial charge in [-0.3, -0.25) is 5.41 Å². The second kappa shape index (κ2) is 5.89. The van der Waals surface area contributed by atoms with E-state index in [9.17, 15) is 0 Å². The average molecular weight is 319 g/mol. The molecular formula is C15H15BrN2O. The first-order chi connectivity index (χ1) is 9.06. The van der Waals surface area contributed by atoms with Crippen molar-refractivity contribution in [2.75, 3.05) is 0 Å². The highest BCUT2D eigenvalue weighted by Crippen LogP contribution is 2.21. The predicted molar refractivity (Wildman–Crippen MR) is 80.7 cm³/mol. The molecule has 0 radical (unpaired) electrons. The first kappa shape index (κ1) is 13.6. The number of nitrogens with two attached hydrogens (primary N) is 1. The smallest absolute Gasteiger partial charge is 0.130 e. The average Bonchev–Trinajstić information content (AvgIpc) is 2.37. The first-order valence-corrected chi connectivity index (χ1v) is 6.68. The molecule has 0 heterocycles. The molecule has 0 amide bonds. The Bertz CT molecular complexity index is 611. The van der Waals surface area contributed by atoms with Crippen molar-refractivity contribution in [2.24, 2.45) is 5.73 Å².